The van der Waals surface area contributed by atoms with Crippen LogP contribution in [0.5, 0.6) is 0 Å². The fourth-order valence-electron chi connectivity index (χ4n) is 2.23. The minimum atomic E-state index is -0.163. The quantitative estimate of drug-likeness (QED) is 0.761. The fourth-order valence-corrected chi connectivity index (χ4v) is 2.23. The molecule has 2 aromatic rings. The number of carbonyl (C=O) groups excluding carboxylic acids is 1. The van der Waals surface area contributed by atoms with E-state index in [1.54, 1.807) is 12.4 Å². The summed E-state index contributed by atoms with van der Waals surface area (Å²) in [7, 11) is 0. The van der Waals surface area contributed by atoms with E-state index in [-0.39, 0.29) is 5.91 Å². The van der Waals surface area contributed by atoms with Crippen molar-refractivity contribution in [1.82, 2.24) is 15.3 Å². The number of rotatable bonds is 8. The molecule has 0 saturated heterocycles. The normalized spacial score (nSPS) is 10.3. The van der Waals surface area contributed by atoms with Gasteiger partial charge in [-0.05, 0) is 18.9 Å². The van der Waals surface area contributed by atoms with Gasteiger partial charge in [0.1, 0.15) is 11.5 Å². The van der Waals surface area contributed by atoms with Crippen LogP contribution in [0.2, 0.25) is 0 Å². The van der Waals surface area contributed by atoms with E-state index in [1.165, 1.54) is 5.56 Å². The number of amides is 1. The number of hydrogen-bond acceptors (Lipinski definition) is 4. The Labute approximate surface area is 137 Å². The Kier molecular flexibility index (Phi) is 6.54. The predicted octanol–water partition coefficient (Wildman–Crippen LogP) is 3.03. The van der Waals surface area contributed by atoms with Gasteiger partial charge in [-0.1, -0.05) is 43.7 Å². The van der Waals surface area contributed by atoms with Crippen LogP contribution in [0.4, 0.5) is 5.82 Å². The van der Waals surface area contributed by atoms with Crippen molar-refractivity contribution in [2.75, 3.05) is 18.0 Å². The second-order valence-corrected chi connectivity index (χ2v) is 5.37. The largest absolute Gasteiger partial charge is 0.351 e. The Morgan fingerprint density at radius 2 is 1.91 bits per heavy atom. The number of anilines is 1. The molecule has 0 radical (unpaired) electrons. The molecule has 2 rings (SSSR count). The van der Waals surface area contributed by atoms with Gasteiger partial charge in [-0.3, -0.25) is 4.79 Å². The fraction of sp³-hybridized carbons (Fsp3) is 0.389. The lowest BCUT2D eigenvalue weighted by Crippen LogP contribution is -2.27. The molecule has 0 aliphatic rings. The number of nitrogens with one attached hydrogen (secondary N) is 1. The molecule has 5 heteroatoms. The summed E-state index contributed by atoms with van der Waals surface area (Å²) in [6.45, 7) is 6.44. The average Bonchev–Trinajstić information content (AvgIpc) is 2.61. The monoisotopic (exact) mass is 312 g/mol. The molecule has 0 aliphatic heterocycles. The second-order valence-electron chi connectivity index (χ2n) is 5.37. The number of hydrogen-bond donors (Lipinski definition) is 1. The highest BCUT2D eigenvalue weighted by molar-refractivity contribution is 5.91. The molecule has 1 amide bonds. The zero-order chi connectivity index (χ0) is 16.5. The van der Waals surface area contributed by atoms with Gasteiger partial charge < -0.3 is 10.2 Å². The molecule has 0 bridgehead atoms. The van der Waals surface area contributed by atoms with Gasteiger partial charge >= 0.3 is 0 Å². The molecule has 0 aliphatic carbocycles. The van der Waals surface area contributed by atoms with Crippen LogP contribution in [0.1, 0.15) is 42.7 Å². The van der Waals surface area contributed by atoms with Gasteiger partial charge in [-0.15, -0.1) is 0 Å². The molecule has 0 atom stereocenters. The smallest absolute Gasteiger partial charge is 0.271 e. The highest BCUT2D eigenvalue weighted by Gasteiger charge is 2.10. The number of carbonyl (C=O) groups is 1. The molecular formula is C18H24N4O. The van der Waals surface area contributed by atoms with E-state index in [9.17, 15) is 4.79 Å². The first-order chi connectivity index (χ1) is 11.2. The van der Waals surface area contributed by atoms with Crippen LogP contribution in [0.15, 0.2) is 42.7 Å². The maximum Gasteiger partial charge on any atom is 0.271 e. The van der Waals surface area contributed by atoms with Crippen LogP contribution < -0.4 is 10.2 Å². The Morgan fingerprint density at radius 1 is 1.13 bits per heavy atom. The van der Waals surface area contributed by atoms with E-state index >= 15 is 0 Å². The van der Waals surface area contributed by atoms with Gasteiger partial charge in [0.15, 0.2) is 0 Å². The van der Waals surface area contributed by atoms with E-state index in [2.05, 4.69) is 46.2 Å². The zero-order valence-electron chi connectivity index (χ0n) is 13.8. The third-order valence-electron chi connectivity index (χ3n) is 3.61. The van der Waals surface area contributed by atoms with Crippen LogP contribution >= 0.6 is 0 Å². The summed E-state index contributed by atoms with van der Waals surface area (Å²) in [6, 6.07) is 10.2. The zero-order valence-corrected chi connectivity index (χ0v) is 13.8. The van der Waals surface area contributed by atoms with Crippen LogP contribution in [-0.2, 0) is 6.54 Å². The lowest BCUT2D eigenvalue weighted by atomic mass is 10.2. The molecule has 23 heavy (non-hydrogen) atoms. The third kappa shape index (κ3) is 5.06. The number of nitrogens with zero attached hydrogens (tertiary/aromatic N) is 3. The van der Waals surface area contributed by atoms with Crippen molar-refractivity contribution >= 4 is 11.7 Å². The summed E-state index contributed by atoms with van der Waals surface area (Å²) in [6.07, 6.45) is 5.24. The van der Waals surface area contributed by atoms with Gasteiger partial charge in [0.05, 0.1) is 12.4 Å². The van der Waals surface area contributed by atoms with Crippen molar-refractivity contribution < 1.29 is 4.79 Å². The topological polar surface area (TPSA) is 58.1 Å². The van der Waals surface area contributed by atoms with E-state index in [4.69, 9.17) is 0 Å². The minimum Gasteiger partial charge on any atom is -0.351 e. The highest BCUT2D eigenvalue weighted by Crippen LogP contribution is 2.13. The Morgan fingerprint density at radius 3 is 2.52 bits per heavy atom. The van der Waals surface area contributed by atoms with Crippen molar-refractivity contribution in [2.45, 2.75) is 33.2 Å². The Balaban J connectivity index is 2.00. The molecule has 1 heterocycles. The number of aromatic nitrogens is 2. The molecule has 0 saturated carbocycles. The summed E-state index contributed by atoms with van der Waals surface area (Å²) in [5.74, 6) is 0.616. The van der Waals surface area contributed by atoms with Crippen molar-refractivity contribution in [1.29, 1.82) is 0 Å². The Bertz CT molecular complexity index is 598. The van der Waals surface area contributed by atoms with Gasteiger partial charge in [0, 0.05) is 19.6 Å². The number of benzene rings is 1. The number of unbranched alkanes of at least 4 members (excludes halogenated alkanes) is 1. The molecule has 122 valence electrons. The molecule has 1 aromatic carbocycles. The molecule has 5 nitrogen and oxygen atoms in total. The van der Waals surface area contributed by atoms with Crippen molar-refractivity contribution in [3.63, 3.8) is 0 Å². The molecule has 0 fully saturated rings. The molecular weight excluding hydrogens is 288 g/mol. The van der Waals surface area contributed by atoms with Crippen molar-refractivity contribution in [3.8, 4) is 0 Å². The van der Waals surface area contributed by atoms with Crippen LogP contribution in [0.25, 0.3) is 0 Å². The van der Waals surface area contributed by atoms with E-state index in [0.29, 0.717) is 12.2 Å². The summed E-state index contributed by atoms with van der Waals surface area (Å²) >= 11 is 0. The van der Waals surface area contributed by atoms with Gasteiger partial charge in [-0.2, -0.15) is 0 Å². The summed E-state index contributed by atoms with van der Waals surface area (Å²) in [5.41, 5.74) is 1.58. The van der Waals surface area contributed by atoms with Gasteiger partial charge in [0.2, 0.25) is 0 Å². The lowest BCUT2D eigenvalue weighted by Gasteiger charge is -2.21. The first-order valence-electron chi connectivity index (χ1n) is 8.13. The summed E-state index contributed by atoms with van der Waals surface area (Å²) in [5, 5.41) is 2.85. The van der Waals surface area contributed by atoms with Gasteiger partial charge in [0.25, 0.3) is 5.91 Å². The average molecular weight is 312 g/mol. The first-order valence-corrected chi connectivity index (χ1v) is 8.13. The second kappa shape index (κ2) is 8.88. The first kappa shape index (κ1) is 16.9. The highest BCUT2D eigenvalue weighted by atomic mass is 16.1. The van der Waals surface area contributed by atoms with Gasteiger partial charge in [-0.25, -0.2) is 9.97 Å². The van der Waals surface area contributed by atoms with E-state index in [0.717, 1.165) is 31.7 Å². The Hall–Kier alpha value is -2.43. The third-order valence-corrected chi connectivity index (χ3v) is 3.61. The molecule has 0 spiro atoms. The SMILES string of the molecule is CCCCNC(=O)c1cnc(N(CC)Cc2ccccc2)cn1. The lowest BCUT2D eigenvalue weighted by molar-refractivity contribution is 0.0948. The predicted molar refractivity (Wildman–Crippen MR) is 92.4 cm³/mol. The van der Waals surface area contributed by atoms with Crippen LogP contribution in [0, 0.1) is 0 Å². The molecule has 0 unspecified atom stereocenters. The van der Waals surface area contributed by atoms with E-state index < -0.39 is 0 Å². The van der Waals surface area contributed by atoms with E-state index in [1.807, 2.05) is 18.2 Å². The molecule has 1 N–H and O–H groups in total. The van der Waals surface area contributed by atoms with Crippen molar-refractivity contribution in [2.24, 2.45) is 0 Å². The van der Waals surface area contributed by atoms with Crippen molar-refractivity contribution in [3.05, 3.63) is 54.0 Å². The maximum absolute atomic E-state index is 11.9. The minimum absolute atomic E-state index is 0.163. The standard InChI is InChI=1S/C18H24N4O/c1-3-5-11-19-18(23)16-12-21-17(13-20-16)22(4-2)14-15-9-7-6-8-10-15/h6-10,12-13H,3-5,11,14H2,1-2H3,(H,19,23). The summed E-state index contributed by atoms with van der Waals surface area (Å²) < 4.78 is 0. The summed E-state index contributed by atoms with van der Waals surface area (Å²) in [4.78, 5) is 22.7. The molecule has 1 aromatic heterocycles. The van der Waals surface area contributed by atoms with Crippen LogP contribution in [0.3, 0.4) is 0 Å². The van der Waals surface area contributed by atoms with Crippen LogP contribution in [-0.4, -0.2) is 29.0 Å². The maximum atomic E-state index is 11.9.